The number of rotatable bonds is 10. The topological polar surface area (TPSA) is 124 Å². The number of ether oxygens (including phenoxy) is 4. The Kier molecular flexibility index (Phi) is 6.66. The number of hydrogen-bond acceptors (Lipinski definition) is 8. The number of aliphatic carboxylic acids is 1. The Morgan fingerprint density at radius 3 is 2.07 bits per heavy atom. The first-order valence-corrected chi connectivity index (χ1v) is 9.97. The number of amides is 2. The predicted molar refractivity (Wildman–Crippen MR) is 99.2 cm³/mol. The van der Waals surface area contributed by atoms with E-state index in [0.29, 0.717) is 0 Å². The molecule has 2 saturated heterocycles. The molecular weight excluding hydrogens is 392 g/mol. The number of methoxy groups -OCH3 is 1. The molecule has 0 bridgehead atoms. The number of carboxylic acids is 1. The van der Waals surface area contributed by atoms with Crippen LogP contribution in [0.2, 0.25) is 0 Å². The Morgan fingerprint density at radius 1 is 1.18 bits per heavy atom. The summed E-state index contributed by atoms with van der Waals surface area (Å²) in [6.07, 6.45) is 0. The third-order valence-electron chi connectivity index (χ3n) is 4.64. The summed E-state index contributed by atoms with van der Waals surface area (Å²) in [4.78, 5) is 38.9. The van der Waals surface area contributed by atoms with E-state index in [1.54, 1.807) is 34.6 Å². The van der Waals surface area contributed by atoms with Gasteiger partial charge in [-0.3, -0.25) is 9.59 Å². The van der Waals surface area contributed by atoms with Gasteiger partial charge in [-0.2, -0.15) is 0 Å². The molecule has 28 heavy (non-hydrogen) atoms. The molecular formula is C17H28N2O8S. The summed E-state index contributed by atoms with van der Waals surface area (Å²) in [5.74, 6) is -4.62. The van der Waals surface area contributed by atoms with E-state index < -0.39 is 45.6 Å². The number of β-lactam (4-membered cyclic amide) rings is 1. The summed E-state index contributed by atoms with van der Waals surface area (Å²) in [5, 5.41) is 11.4. The maximum absolute atomic E-state index is 13.1. The lowest BCUT2D eigenvalue weighted by atomic mass is 9.93. The maximum Gasteiger partial charge on any atom is 0.367 e. The summed E-state index contributed by atoms with van der Waals surface area (Å²) in [6, 6.07) is -1.04. The number of carbonyl (C=O) groups is 3. The van der Waals surface area contributed by atoms with Gasteiger partial charge < -0.3 is 34.3 Å². The second kappa shape index (κ2) is 8.15. The SMILES string of the molecule is CCOC(OCC)(OCC)C(=O)N[C@@]1(OC)C(=O)N2[C@@H](C(=O)O)C(C)(C)S[C@@H]21. The molecule has 2 aliphatic heterocycles. The number of carbonyl (C=O) groups excluding carboxylic acids is 2. The average Bonchev–Trinajstić information content (AvgIpc) is 2.89. The zero-order chi connectivity index (χ0) is 21.3. The minimum absolute atomic E-state index is 0.125. The Morgan fingerprint density at radius 2 is 1.68 bits per heavy atom. The minimum atomic E-state index is -2.03. The molecule has 2 amide bonds. The molecule has 3 atom stereocenters. The highest BCUT2D eigenvalue weighted by atomic mass is 32.2. The first-order chi connectivity index (χ1) is 13.1. The van der Waals surface area contributed by atoms with E-state index in [9.17, 15) is 19.5 Å². The van der Waals surface area contributed by atoms with Crippen molar-refractivity contribution in [2.24, 2.45) is 0 Å². The molecule has 2 heterocycles. The van der Waals surface area contributed by atoms with Crippen molar-refractivity contribution in [3.8, 4) is 0 Å². The molecule has 0 aliphatic carbocycles. The molecule has 0 aromatic heterocycles. The molecule has 2 N–H and O–H groups in total. The Hall–Kier alpha value is -1.40. The quantitative estimate of drug-likeness (QED) is 0.381. The van der Waals surface area contributed by atoms with Crippen LogP contribution in [0.25, 0.3) is 0 Å². The third kappa shape index (κ3) is 3.39. The van der Waals surface area contributed by atoms with Crippen molar-refractivity contribution in [3.05, 3.63) is 0 Å². The number of hydrogen-bond donors (Lipinski definition) is 2. The highest BCUT2D eigenvalue weighted by Gasteiger charge is 2.73. The van der Waals surface area contributed by atoms with Gasteiger partial charge in [0, 0.05) is 11.9 Å². The zero-order valence-corrected chi connectivity index (χ0v) is 17.8. The van der Waals surface area contributed by atoms with Crippen LogP contribution < -0.4 is 5.32 Å². The maximum atomic E-state index is 13.1. The van der Waals surface area contributed by atoms with Gasteiger partial charge in [-0.25, -0.2) is 4.79 Å². The van der Waals surface area contributed by atoms with Crippen molar-refractivity contribution in [1.82, 2.24) is 10.2 Å². The first-order valence-electron chi connectivity index (χ1n) is 9.09. The lowest BCUT2D eigenvalue weighted by molar-refractivity contribution is -0.352. The second-order valence-electron chi connectivity index (χ2n) is 6.78. The van der Waals surface area contributed by atoms with E-state index >= 15 is 0 Å². The monoisotopic (exact) mass is 420 g/mol. The van der Waals surface area contributed by atoms with Gasteiger partial charge in [0.25, 0.3) is 11.6 Å². The van der Waals surface area contributed by atoms with Crippen LogP contribution in [-0.2, 0) is 33.3 Å². The summed E-state index contributed by atoms with van der Waals surface area (Å²) in [6.45, 7) is 8.86. The van der Waals surface area contributed by atoms with Crippen molar-refractivity contribution in [2.75, 3.05) is 26.9 Å². The van der Waals surface area contributed by atoms with Gasteiger partial charge in [-0.05, 0) is 34.6 Å². The lowest BCUT2D eigenvalue weighted by Gasteiger charge is -2.52. The fourth-order valence-corrected chi connectivity index (χ4v) is 5.19. The van der Waals surface area contributed by atoms with E-state index in [1.165, 1.54) is 23.8 Å². The van der Waals surface area contributed by atoms with Crippen LogP contribution >= 0.6 is 11.8 Å². The average molecular weight is 420 g/mol. The van der Waals surface area contributed by atoms with Crippen LogP contribution in [-0.4, -0.2) is 82.6 Å². The smallest absolute Gasteiger partial charge is 0.367 e. The van der Waals surface area contributed by atoms with Gasteiger partial charge in [0.05, 0.1) is 19.8 Å². The van der Waals surface area contributed by atoms with E-state index in [4.69, 9.17) is 18.9 Å². The van der Waals surface area contributed by atoms with E-state index in [0.717, 1.165) is 0 Å². The number of nitrogens with zero attached hydrogens (tertiary/aromatic N) is 1. The van der Waals surface area contributed by atoms with Crippen molar-refractivity contribution < 1.29 is 38.4 Å². The highest BCUT2D eigenvalue weighted by Crippen LogP contribution is 2.55. The van der Waals surface area contributed by atoms with Crippen LogP contribution in [0.5, 0.6) is 0 Å². The molecule has 2 rings (SSSR count). The van der Waals surface area contributed by atoms with Gasteiger partial charge in [-0.1, -0.05) is 0 Å². The summed E-state index contributed by atoms with van der Waals surface area (Å²) in [7, 11) is 1.28. The standard InChI is InChI=1S/C17H28N2O8S/c1-7-25-17(26-8-2,27-9-3)12(22)18-16(24-6)13(23)19-10(11(20)21)15(4,5)28-14(16)19/h10,14H,7-9H2,1-6H3,(H,18,22)(H,20,21)/t10-,14+,16+/m0/s1. The molecule has 10 nitrogen and oxygen atoms in total. The molecule has 0 radical (unpaired) electrons. The molecule has 160 valence electrons. The first kappa shape index (κ1) is 22.9. The van der Waals surface area contributed by atoms with E-state index in [-0.39, 0.29) is 19.8 Å². The lowest BCUT2D eigenvalue weighted by Crippen LogP contribution is -2.81. The van der Waals surface area contributed by atoms with Gasteiger partial charge in [0.15, 0.2) is 0 Å². The van der Waals surface area contributed by atoms with Gasteiger partial charge >= 0.3 is 17.8 Å². The largest absolute Gasteiger partial charge is 0.480 e. The van der Waals surface area contributed by atoms with Crippen molar-refractivity contribution >= 4 is 29.5 Å². The summed E-state index contributed by atoms with van der Waals surface area (Å²) in [5.41, 5.74) is -1.74. The fourth-order valence-electron chi connectivity index (χ4n) is 3.52. The van der Waals surface area contributed by atoms with Crippen molar-refractivity contribution in [1.29, 1.82) is 0 Å². The highest BCUT2D eigenvalue weighted by molar-refractivity contribution is 8.01. The fraction of sp³-hybridized carbons (Fsp3) is 0.824. The Balaban J connectivity index is 2.34. The molecule has 0 aromatic carbocycles. The molecule has 11 heteroatoms. The summed E-state index contributed by atoms with van der Waals surface area (Å²) >= 11 is 1.24. The van der Waals surface area contributed by atoms with E-state index in [1.807, 2.05) is 0 Å². The van der Waals surface area contributed by atoms with Crippen LogP contribution in [0.15, 0.2) is 0 Å². The second-order valence-corrected chi connectivity index (χ2v) is 8.51. The number of carboxylic acid groups (broad SMARTS) is 1. The molecule has 2 fully saturated rings. The molecule has 0 saturated carbocycles. The number of fused-ring (bicyclic) bond motifs is 1. The van der Waals surface area contributed by atoms with Gasteiger partial charge in [0.1, 0.15) is 11.4 Å². The van der Waals surface area contributed by atoms with Gasteiger partial charge in [-0.15, -0.1) is 11.8 Å². The van der Waals surface area contributed by atoms with Crippen LogP contribution in [0, 0.1) is 0 Å². The van der Waals surface area contributed by atoms with Crippen molar-refractivity contribution in [2.45, 2.75) is 62.5 Å². The number of nitrogens with one attached hydrogen (secondary N) is 1. The van der Waals surface area contributed by atoms with Crippen molar-refractivity contribution in [3.63, 3.8) is 0 Å². The minimum Gasteiger partial charge on any atom is -0.480 e. The Labute approximate surface area is 168 Å². The molecule has 0 spiro atoms. The number of thioether (sulfide) groups is 1. The summed E-state index contributed by atoms with van der Waals surface area (Å²) < 4.78 is 21.0. The van der Waals surface area contributed by atoms with E-state index in [2.05, 4.69) is 5.32 Å². The zero-order valence-electron chi connectivity index (χ0n) is 16.9. The molecule has 0 aromatic rings. The molecule has 0 unspecified atom stereocenters. The Bertz CT molecular complexity index is 626. The van der Waals surface area contributed by atoms with Crippen LogP contribution in [0.1, 0.15) is 34.6 Å². The van der Waals surface area contributed by atoms with Crippen LogP contribution in [0.4, 0.5) is 0 Å². The predicted octanol–water partition coefficient (Wildman–Crippen LogP) is 0.356. The van der Waals surface area contributed by atoms with Gasteiger partial charge in [0.2, 0.25) is 0 Å². The van der Waals surface area contributed by atoms with Crippen LogP contribution in [0.3, 0.4) is 0 Å². The normalized spacial score (nSPS) is 28.6. The third-order valence-corrected chi connectivity index (χ3v) is 6.25. The molecule has 2 aliphatic rings.